The third-order valence-electron chi connectivity index (χ3n) is 27.2. The number of fused-ring (bicyclic) bond motifs is 12. The van der Waals surface area contributed by atoms with Gasteiger partial charge in [-0.15, -0.1) is 0 Å². The van der Waals surface area contributed by atoms with E-state index in [4.69, 9.17) is 32.9 Å². The Labute approximate surface area is 846 Å². The first kappa shape index (κ1) is 89.8. The van der Waals surface area contributed by atoms with Crippen LogP contribution in [-0.4, -0.2) is 49.1 Å². The zero-order valence-corrected chi connectivity index (χ0v) is 78.0. The molecule has 0 spiro atoms. The molecule has 20 heteroatoms. The van der Waals surface area contributed by atoms with Gasteiger partial charge in [-0.25, -0.2) is 38.9 Å². The Bertz CT molecular complexity index is 9710. The molecule has 0 saturated carbocycles. The highest BCUT2D eigenvalue weighted by atomic mass is 16.2. The predicted molar refractivity (Wildman–Crippen MR) is 579 cm³/mol. The molecule has 20 nitrogen and oxygen atoms in total. The van der Waals surface area contributed by atoms with E-state index >= 15 is 0 Å². The van der Waals surface area contributed by atoms with E-state index in [1.54, 1.807) is 103 Å². The van der Waals surface area contributed by atoms with E-state index in [9.17, 15) is 44.6 Å². The molecule has 3 aromatic heterocycles. The van der Waals surface area contributed by atoms with Crippen molar-refractivity contribution in [3.63, 3.8) is 0 Å². The lowest BCUT2D eigenvalue weighted by molar-refractivity contribution is 0.0910. The number of amides is 6. The zero-order chi connectivity index (χ0) is 101. The summed E-state index contributed by atoms with van der Waals surface area (Å²) in [5.41, 5.74) is 23.2. The maximum absolute atomic E-state index is 15.0. The summed E-state index contributed by atoms with van der Waals surface area (Å²) < 4.78 is 6.05. The molecule has 19 aromatic carbocycles. The largest absolute Gasteiger partial charge is 0.308 e. The van der Waals surface area contributed by atoms with E-state index < -0.39 is 17.7 Å². The summed E-state index contributed by atoms with van der Waals surface area (Å²) in [5, 5.41) is 35.1. The van der Waals surface area contributed by atoms with Gasteiger partial charge in [0.1, 0.15) is 0 Å². The van der Waals surface area contributed by atoms with Crippen molar-refractivity contribution < 1.29 is 28.8 Å². The van der Waals surface area contributed by atoms with Crippen LogP contribution < -0.4 is 14.7 Å². The van der Waals surface area contributed by atoms with Crippen molar-refractivity contribution in [1.82, 2.24) is 13.7 Å². The number of hydrogen-bond donors (Lipinski definition) is 0. The summed E-state index contributed by atoms with van der Waals surface area (Å²) in [7, 11) is 0. The molecule has 0 aliphatic carbocycles. The number of nitrogens with zero attached hydrogens (tertiary/aromatic N) is 14. The van der Waals surface area contributed by atoms with Crippen molar-refractivity contribution in [2.75, 3.05) is 14.7 Å². The van der Waals surface area contributed by atoms with Gasteiger partial charge in [0.15, 0.2) is 28.4 Å². The fourth-order valence-electron chi connectivity index (χ4n) is 20.9. The second-order valence-corrected chi connectivity index (χ2v) is 35.4. The minimum atomic E-state index is -0.488. The Morgan fingerprint density at radius 3 is 0.838 bits per heavy atom. The first-order valence-electron chi connectivity index (χ1n) is 46.9. The van der Waals surface area contributed by atoms with Crippen LogP contribution in [0.15, 0.2) is 413 Å². The Kier molecular flexibility index (Phi) is 22.4. The third kappa shape index (κ3) is 14.9. The van der Waals surface area contributed by atoms with Gasteiger partial charge in [-0.05, 0) is 172 Å². The third-order valence-corrected chi connectivity index (χ3v) is 27.2. The highest BCUT2D eigenvalue weighted by Gasteiger charge is 2.45. The molecule has 0 saturated heterocycles. The summed E-state index contributed by atoms with van der Waals surface area (Å²) in [6, 6.07) is 134. The van der Waals surface area contributed by atoms with Gasteiger partial charge in [0.25, 0.3) is 35.4 Å². The summed E-state index contributed by atoms with van der Waals surface area (Å²) >= 11 is 0. The van der Waals surface area contributed by atoms with Crippen LogP contribution in [0, 0.1) is 66.9 Å². The van der Waals surface area contributed by atoms with E-state index in [1.807, 2.05) is 311 Å². The lowest BCUT2D eigenvalue weighted by Crippen LogP contribution is -2.30. The monoisotopic (exact) mass is 1900 g/mol. The molecule has 25 rings (SSSR count). The van der Waals surface area contributed by atoms with Gasteiger partial charge >= 0.3 is 0 Å². The molecule has 686 valence electrons. The first-order valence-corrected chi connectivity index (χ1v) is 46.9. The summed E-state index contributed by atoms with van der Waals surface area (Å²) in [6.45, 7) is 38.2. The lowest BCUT2D eigenvalue weighted by Gasteiger charge is -2.19. The van der Waals surface area contributed by atoms with Crippen molar-refractivity contribution >= 4 is 146 Å². The molecule has 6 amide bonds. The molecule has 22 aromatic rings. The van der Waals surface area contributed by atoms with Crippen molar-refractivity contribution in [2.24, 2.45) is 0 Å². The second-order valence-electron chi connectivity index (χ2n) is 35.4. The van der Waals surface area contributed by atoms with Crippen LogP contribution in [0.2, 0.25) is 0 Å². The number of carbonyl (C=O) groups is 6. The van der Waals surface area contributed by atoms with Crippen molar-refractivity contribution in [3.05, 3.63) is 520 Å². The molecule has 0 unspecified atom stereocenters. The number of imide groups is 3. The molecular weight excluding hydrogens is 1830 g/mol. The number of carbonyl (C=O) groups excluding carboxylic acids is 6. The fourth-order valence-corrected chi connectivity index (χ4v) is 20.9. The quantitative estimate of drug-likeness (QED) is 0.0790. The Morgan fingerprint density at radius 2 is 0.459 bits per heavy atom. The minimum Gasteiger partial charge on any atom is -0.308 e. The highest BCUT2D eigenvalue weighted by molar-refractivity contribution is 6.39. The van der Waals surface area contributed by atoms with Gasteiger partial charge in [0.2, 0.25) is 0 Å². The number of para-hydroxylation sites is 8. The van der Waals surface area contributed by atoms with Crippen LogP contribution in [0.5, 0.6) is 0 Å². The summed E-state index contributed by atoms with van der Waals surface area (Å²) in [5.74, 6) is -2.47. The molecule has 3 aliphatic heterocycles. The molecule has 0 fully saturated rings. The topological polar surface area (TPSA) is 220 Å². The van der Waals surface area contributed by atoms with Gasteiger partial charge in [-0.1, -0.05) is 285 Å². The van der Waals surface area contributed by atoms with Gasteiger partial charge < -0.3 is 13.7 Å². The zero-order valence-electron chi connectivity index (χ0n) is 78.0. The normalized spacial score (nSPS) is 12.2. The van der Waals surface area contributed by atoms with E-state index in [2.05, 4.69) is 42.4 Å². The van der Waals surface area contributed by atoms with Crippen LogP contribution in [-0.2, 0) is 0 Å². The molecule has 0 atom stereocenters. The maximum atomic E-state index is 15.0. The van der Waals surface area contributed by atoms with E-state index in [0.717, 1.165) is 104 Å². The predicted octanol–water partition coefficient (Wildman–Crippen LogP) is 30.8. The molecule has 6 heterocycles. The van der Waals surface area contributed by atoms with Crippen molar-refractivity contribution in [3.8, 4) is 113 Å². The number of anilines is 3. The Hall–Kier alpha value is -22.1. The average molecular weight is 1900 g/mol. The molecular formula is C128H68N14O6. The SMILES string of the molecule is [C-]#[N+]c1cc(C#N)cc(-c2cccc3c4cccc(-c5cc(C#N)cc([N+]#[C-])c5)c4n(-c4cccc5c4C(=O)N(c4ccccc4-c4ccccc4)C5=O)c23)c1.[C-]#[N+]c1cc(C#N)cc(-c2cccc3c4ccccc4n(-c4cccc5c4C(=O)N(c4ccccc4-c4ccccc4)C5=O)c23)c1.[C-]#[N+]c1cc([N+]#[C-])cc(-c2ccc3c4ccccc4n(-c4cccc5c4C(=O)N(c4ccccc4-c4ccccc4)C5=O)c3c2)c1. The molecule has 0 bridgehead atoms. The number of rotatable bonds is 13. The van der Waals surface area contributed by atoms with Crippen LogP contribution >= 0.6 is 0 Å². The van der Waals surface area contributed by atoms with Gasteiger partial charge in [0.05, 0.1) is 152 Å². The average Bonchev–Trinajstić information content (AvgIpc) is 1.55. The van der Waals surface area contributed by atoms with Crippen LogP contribution in [0.4, 0.5) is 45.5 Å². The van der Waals surface area contributed by atoms with Gasteiger partial charge in [-0.3, -0.25) is 28.8 Å². The first-order chi connectivity index (χ1) is 72.6. The molecule has 0 N–H and O–H groups in total. The molecule has 3 aliphatic rings. The van der Waals surface area contributed by atoms with Crippen LogP contribution in [0.1, 0.15) is 78.8 Å². The van der Waals surface area contributed by atoms with Gasteiger partial charge in [-0.2, -0.15) is 15.8 Å². The number of benzene rings is 19. The lowest BCUT2D eigenvalue weighted by atomic mass is 9.98. The highest BCUT2D eigenvalue weighted by Crippen LogP contribution is 2.51. The molecule has 148 heavy (non-hydrogen) atoms. The van der Waals surface area contributed by atoms with Crippen molar-refractivity contribution in [1.29, 1.82) is 15.8 Å². The minimum absolute atomic E-state index is 0.212. The fraction of sp³-hybridized carbons (Fsp3) is 0. The van der Waals surface area contributed by atoms with Gasteiger partial charge in [0, 0.05) is 82.4 Å². The van der Waals surface area contributed by atoms with Crippen molar-refractivity contribution in [2.45, 2.75) is 0 Å². The number of aromatic nitrogens is 3. The smallest absolute Gasteiger partial charge is 0.268 e. The van der Waals surface area contributed by atoms with E-state index in [0.29, 0.717) is 140 Å². The maximum Gasteiger partial charge on any atom is 0.268 e. The Morgan fingerprint density at radius 1 is 0.189 bits per heavy atom. The van der Waals surface area contributed by atoms with E-state index in [1.165, 1.54) is 26.8 Å². The van der Waals surface area contributed by atoms with E-state index in [-0.39, 0.29) is 28.8 Å². The standard InChI is InChI=1S/C48H24N6O2.2C40H22N4O2/c1-51-34-23-29(27-49)21-32(25-34)37-14-8-16-39-40-17-9-15-38(33-22-30(28-50)24-35(26-33)52-2)46(40)53(45(37)39)43-20-10-18-41-44(43)48(56)54(47(41)55)42-19-7-6-13-36(42)31-11-4-3-5-12-31;1-41-28-21-27(22-29(24-28)42-2)26-19-20-32-31-14-7-9-17-35(31)43(37(32)23-26)36-18-10-15-33-38(36)40(46)44(39(33)45)34-16-8-6-13-30(34)25-11-4-3-5-12-25;1-42-28-22-25(24-41)21-27(23-28)30-15-9-16-32-31-14-6-8-19-35(31)43(38(30)32)36-20-10-17-33-37(36)40(46)44(39(33)45)34-18-7-5-13-29(34)26-11-3-2-4-12-26/h3-26H;3-24H;2-23H. The summed E-state index contributed by atoms with van der Waals surface area (Å²) in [4.78, 5) is 108. The Balaban J connectivity index is 0.000000123. The van der Waals surface area contributed by atoms with Crippen LogP contribution in [0.3, 0.4) is 0 Å². The second kappa shape index (κ2) is 36.9. The summed E-state index contributed by atoms with van der Waals surface area (Å²) in [6.07, 6.45) is 0. The molecule has 0 radical (unpaired) electrons. The number of nitriles is 3. The van der Waals surface area contributed by atoms with Crippen LogP contribution in [0.25, 0.3) is 185 Å². The number of hydrogen-bond acceptors (Lipinski definition) is 9.